The molecule has 0 saturated heterocycles. The summed E-state index contributed by atoms with van der Waals surface area (Å²) < 4.78 is 5.45. The van der Waals surface area contributed by atoms with E-state index in [-0.39, 0.29) is 0 Å². The average Bonchev–Trinajstić information content (AvgIpc) is 2.29. The number of ether oxygens (including phenoxy) is 1. The Labute approximate surface area is 105 Å². The van der Waals surface area contributed by atoms with Crippen LogP contribution in [0.5, 0.6) is 0 Å². The summed E-state index contributed by atoms with van der Waals surface area (Å²) in [6.07, 6.45) is 8.87. The first-order chi connectivity index (χ1) is 8.22. The lowest BCUT2D eigenvalue weighted by Crippen LogP contribution is -2.26. The van der Waals surface area contributed by atoms with Gasteiger partial charge in [-0.05, 0) is 19.9 Å². The van der Waals surface area contributed by atoms with Crippen LogP contribution in [-0.4, -0.2) is 37.5 Å². The van der Waals surface area contributed by atoms with Gasteiger partial charge in [-0.3, -0.25) is 5.41 Å². The summed E-state index contributed by atoms with van der Waals surface area (Å²) >= 11 is 0. The second-order valence-corrected chi connectivity index (χ2v) is 4.90. The van der Waals surface area contributed by atoms with E-state index in [1.807, 2.05) is 0 Å². The zero-order valence-electron chi connectivity index (χ0n) is 11.3. The molecule has 0 amide bonds. The summed E-state index contributed by atoms with van der Waals surface area (Å²) in [4.78, 5) is 2.30. The van der Waals surface area contributed by atoms with Crippen molar-refractivity contribution in [3.8, 4) is 0 Å². The Hall–Kier alpha value is -0.830. The summed E-state index contributed by atoms with van der Waals surface area (Å²) in [5, 5.41) is 7.79. The summed E-state index contributed by atoms with van der Waals surface area (Å²) in [5.74, 6) is 0.433. The molecule has 3 heteroatoms. The van der Waals surface area contributed by atoms with Crippen LogP contribution in [0.3, 0.4) is 0 Å². The van der Waals surface area contributed by atoms with Gasteiger partial charge in [0.15, 0.2) is 5.90 Å². The van der Waals surface area contributed by atoms with E-state index in [1.54, 1.807) is 0 Å². The third kappa shape index (κ3) is 6.47. The van der Waals surface area contributed by atoms with Gasteiger partial charge in [0.2, 0.25) is 0 Å². The van der Waals surface area contributed by atoms with Crippen LogP contribution in [0.15, 0.2) is 11.6 Å². The second kappa shape index (κ2) is 8.29. The number of hydrogen-bond acceptors (Lipinski definition) is 3. The second-order valence-electron chi connectivity index (χ2n) is 4.90. The molecule has 1 heterocycles. The Balaban J connectivity index is 2.10. The van der Waals surface area contributed by atoms with Gasteiger partial charge < -0.3 is 9.64 Å². The molecule has 1 N–H and O–H groups in total. The predicted molar refractivity (Wildman–Crippen MR) is 72.6 cm³/mol. The van der Waals surface area contributed by atoms with E-state index in [4.69, 9.17) is 10.1 Å². The Morgan fingerprint density at radius 3 is 2.94 bits per heavy atom. The summed E-state index contributed by atoms with van der Waals surface area (Å²) in [6, 6.07) is 0. The highest BCUT2D eigenvalue weighted by Crippen LogP contribution is 2.12. The van der Waals surface area contributed by atoms with Gasteiger partial charge in [0.05, 0.1) is 6.61 Å². The lowest BCUT2D eigenvalue weighted by Gasteiger charge is -2.23. The monoisotopic (exact) mass is 238 g/mol. The first kappa shape index (κ1) is 14.2. The van der Waals surface area contributed by atoms with Gasteiger partial charge in [-0.25, -0.2) is 0 Å². The van der Waals surface area contributed by atoms with Gasteiger partial charge in [-0.1, -0.05) is 37.8 Å². The van der Waals surface area contributed by atoms with Gasteiger partial charge in [-0.15, -0.1) is 0 Å². The lowest BCUT2D eigenvalue weighted by atomic mass is 10.1. The van der Waals surface area contributed by atoms with Crippen molar-refractivity contribution in [2.24, 2.45) is 0 Å². The topological polar surface area (TPSA) is 36.3 Å². The molecule has 0 saturated carbocycles. The van der Waals surface area contributed by atoms with Crippen molar-refractivity contribution in [1.82, 2.24) is 4.90 Å². The van der Waals surface area contributed by atoms with E-state index < -0.39 is 0 Å². The van der Waals surface area contributed by atoms with Gasteiger partial charge in [-0.2, -0.15) is 0 Å². The third-order valence-electron chi connectivity index (χ3n) is 3.08. The fraction of sp³-hybridized carbons (Fsp3) is 0.786. The normalized spacial score (nSPS) is 16.7. The molecule has 1 aliphatic heterocycles. The molecule has 0 radical (unpaired) electrons. The molecule has 0 fully saturated rings. The summed E-state index contributed by atoms with van der Waals surface area (Å²) in [5.41, 5.74) is 1.33. The van der Waals surface area contributed by atoms with Crippen LogP contribution >= 0.6 is 0 Å². The van der Waals surface area contributed by atoms with Gasteiger partial charge >= 0.3 is 0 Å². The van der Waals surface area contributed by atoms with Crippen LogP contribution in [-0.2, 0) is 4.74 Å². The number of unbranched alkanes of at least 4 members (excludes halogenated alkanes) is 3. The van der Waals surface area contributed by atoms with Crippen molar-refractivity contribution in [3.63, 3.8) is 0 Å². The zero-order valence-corrected chi connectivity index (χ0v) is 11.3. The van der Waals surface area contributed by atoms with Crippen molar-refractivity contribution < 1.29 is 4.74 Å². The predicted octanol–water partition coefficient (Wildman–Crippen LogP) is 3.21. The number of nitrogens with one attached hydrogen (secondary N) is 1. The maximum absolute atomic E-state index is 7.79. The van der Waals surface area contributed by atoms with E-state index >= 15 is 0 Å². The summed E-state index contributed by atoms with van der Waals surface area (Å²) in [6.45, 7) is 5.03. The Kier molecular flexibility index (Phi) is 6.94. The highest BCUT2D eigenvalue weighted by atomic mass is 16.5. The van der Waals surface area contributed by atoms with E-state index in [9.17, 15) is 0 Å². The molecule has 0 aliphatic carbocycles. The Bertz CT molecular complexity index is 261. The quantitative estimate of drug-likeness (QED) is 0.320. The molecule has 0 aromatic heterocycles. The summed E-state index contributed by atoms with van der Waals surface area (Å²) in [7, 11) is 2.13. The van der Waals surface area contributed by atoms with Crippen LogP contribution < -0.4 is 0 Å². The maximum atomic E-state index is 7.79. The molecule has 98 valence electrons. The molecule has 0 aromatic carbocycles. The van der Waals surface area contributed by atoms with E-state index in [0.29, 0.717) is 18.9 Å². The molecule has 1 rings (SSSR count). The first-order valence-electron chi connectivity index (χ1n) is 6.79. The van der Waals surface area contributed by atoms with E-state index in [1.165, 1.54) is 24.8 Å². The fourth-order valence-electron chi connectivity index (χ4n) is 2.09. The van der Waals surface area contributed by atoms with Gasteiger partial charge in [0, 0.05) is 19.5 Å². The van der Waals surface area contributed by atoms with Crippen molar-refractivity contribution in [3.05, 3.63) is 11.6 Å². The molecule has 0 bridgehead atoms. The minimum Gasteiger partial charge on any atom is -0.481 e. The molecule has 0 atom stereocenters. The van der Waals surface area contributed by atoms with Crippen molar-refractivity contribution >= 4 is 5.90 Å². The largest absolute Gasteiger partial charge is 0.481 e. The highest BCUT2D eigenvalue weighted by molar-refractivity contribution is 5.75. The fourth-order valence-corrected chi connectivity index (χ4v) is 2.09. The number of hydrogen-bond donors (Lipinski definition) is 1. The first-order valence-corrected chi connectivity index (χ1v) is 6.79. The van der Waals surface area contributed by atoms with E-state index in [2.05, 4.69) is 24.9 Å². The highest BCUT2D eigenvalue weighted by Gasteiger charge is 2.10. The smallest absolute Gasteiger partial charge is 0.184 e. The number of nitrogens with zero attached hydrogens (tertiary/aromatic N) is 1. The van der Waals surface area contributed by atoms with Crippen LogP contribution in [0.1, 0.15) is 45.4 Å². The molecule has 17 heavy (non-hydrogen) atoms. The maximum Gasteiger partial charge on any atom is 0.184 e. The number of rotatable bonds is 7. The van der Waals surface area contributed by atoms with Crippen molar-refractivity contribution in [2.45, 2.75) is 45.4 Å². The molecular formula is C14H26N2O. The third-order valence-corrected chi connectivity index (χ3v) is 3.08. The number of likely N-dealkylation sites (N-methyl/N-ethyl adjacent to an activating group) is 1. The molecule has 0 spiro atoms. The van der Waals surface area contributed by atoms with Crippen LogP contribution in [0, 0.1) is 5.41 Å². The zero-order chi connectivity index (χ0) is 12.5. The van der Waals surface area contributed by atoms with E-state index in [0.717, 1.165) is 25.9 Å². The van der Waals surface area contributed by atoms with Crippen LogP contribution in [0.4, 0.5) is 0 Å². The Morgan fingerprint density at radius 2 is 2.24 bits per heavy atom. The molecule has 0 aromatic rings. The standard InChI is InChI=1S/C14H26N2O/c1-3-4-5-6-10-17-14(15)11-13-8-7-9-16(2)12-13/h8,15H,3-7,9-12H2,1-2H3. The Morgan fingerprint density at radius 1 is 1.41 bits per heavy atom. The molecular weight excluding hydrogens is 212 g/mol. The minimum atomic E-state index is 0.433. The van der Waals surface area contributed by atoms with Crippen molar-refractivity contribution in [1.29, 1.82) is 5.41 Å². The lowest BCUT2D eigenvalue weighted by molar-refractivity contribution is 0.281. The van der Waals surface area contributed by atoms with Crippen molar-refractivity contribution in [2.75, 3.05) is 26.7 Å². The molecule has 3 nitrogen and oxygen atoms in total. The molecule has 0 unspecified atom stereocenters. The average molecular weight is 238 g/mol. The minimum absolute atomic E-state index is 0.433. The van der Waals surface area contributed by atoms with Crippen LogP contribution in [0.25, 0.3) is 0 Å². The van der Waals surface area contributed by atoms with Gasteiger partial charge in [0.1, 0.15) is 0 Å². The van der Waals surface area contributed by atoms with Crippen LogP contribution in [0.2, 0.25) is 0 Å². The molecule has 1 aliphatic rings. The van der Waals surface area contributed by atoms with Gasteiger partial charge in [0.25, 0.3) is 0 Å². The SMILES string of the molecule is CCCCCCOC(=N)CC1=CCCN(C)C1.